The van der Waals surface area contributed by atoms with Gasteiger partial charge in [0, 0.05) is 41.7 Å². The van der Waals surface area contributed by atoms with Crippen molar-refractivity contribution in [3.63, 3.8) is 0 Å². The highest BCUT2D eigenvalue weighted by Gasteiger charge is 2.33. The minimum Gasteiger partial charge on any atom is -0.338 e. The highest BCUT2D eigenvalue weighted by atomic mass is 19.1. The molecule has 0 fully saturated rings. The molecule has 0 spiro atoms. The Balaban J connectivity index is 1.52. The summed E-state index contributed by atoms with van der Waals surface area (Å²) in [4.78, 5) is 27.4. The largest absolute Gasteiger partial charge is 0.338 e. The summed E-state index contributed by atoms with van der Waals surface area (Å²) in [6.45, 7) is 4.16. The van der Waals surface area contributed by atoms with E-state index in [1.165, 1.54) is 6.07 Å². The van der Waals surface area contributed by atoms with Crippen molar-refractivity contribution in [1.29, 1.82) is 0 Å². The first-order valence-electron chi connectivity index (χ1n) is 13.0. The number of aryl methyl sites for hydroxylation is 2. The van der Waals surface area contributed by atoms with Gasteiger partial charge >= 0.3 is 0 Å². The molecule has 5 rings (SSSR count). The average molecular weight is 537 g/mol. The summed E-state index contributed by atoms with van der Waals surface area (Å²) in [5.41, 5.74) is 3.97. The number of hydrogen-bond donors (Lipinski definition) is 3. The van der Waals surface area contributed by atoms with Crippen LogP contribution < -0.4 is 10.6 Å². The van der Waals surface area contributed by atoms with Crippen LogP contribution >= 0.6 is 0 Å². The number of amides is 2. The average Bonchev–Trinajstić information content (AvgIpc) is 3.63. The van der Waals surface area contributed by atoms with Gasteiger partial charge in [-0.15, -0.1) is 0 Å². The molecule has 0 aliphatic heterocycles. The van der Waals surface area contributed by atoms with Gasteiger partial charge in [-0.25, -0.2) is 4.39 Å². The number of nitrogens with one attached hydrogen (secondary N) is 3. The molecule has 0 radical (unpaired) electrons. The third-order valence-corrected chi connectivity index (χ3v) is 6.83. The SMILES string of the molecule is CCn1nccc1C(=O)NC(C(=O)Nc1ccc(-c2c[nH]nc2C)c(F)c1)C(c1ccccc1)c1ccccc1. The zero-order valence-electron chi connectivity index (χ0n) is 22.1. The molecule has 40 heavy (non-hydrogen) atoms. The van der Waals surface area contributed by atoms with Crippen molar-refractivity contribution >= 4 is 17.5 Å². The third kappa shape index (κ3) is 5.54. The molecular formula is C31H29FN6O2. The Labute approximate surface area is 231 Å². The maximum Gasteiger partial charge on any atom is 0.270 e. The van der Waals surface area contributed by atoms with Gasteiger partial charge in [0.2, 0.25) is 5.91 Å². The Morgan fingerprint density at radius 3 is 2.20 bits per heavy atom. The molecule has 8 nitrogen and oxygen atoms in total. The van der Waals surface area contributed by atoms with Crippen LogP contribution in [0.5, 0.6) is 0 Å². The lowest BCUT2D eigenvalue weighted by molar-refractivity contribution is -0.118. The summed E-state index contributed by atoms with van der Waals surface area (Å²) < 4.78 is 16.7. The minimum atomic E-state index is -1.03. The monoisotopic (exact) mass is 536 g/mol. The zero-order valence-corrected chi connectivity index (χ0v) is 22.1. The smallest absolute Gasteiger partial charge is 0.270 e. The van der Waals surface area contributed by atoms with E-state index in [0.717, 1.165) is 11.1 Å². The second-order valence-corrected chi connectivity index (χ2v) is 9.35. The zero-order chi connectivity index (χ0) is 28.1. The fourth-order valence-corrected chi connectivity index (χ4v) is 4.85. The number of hydrogen-bond acceptors (Lipinski definition) is 4. The first kappa shape index (κ1) is 26.6. The van der Waals surface area contributed by atoms with Crippen molar-refractivity contribution in [2.24, 2.45) is 0 Å². The van der Waals surface area contributed by atoms with Crippen LogP contribution in [-0.2, 0) is 11.3 Å². The summed E-state index contributed by atoms with van der Waals surface area (Å²) in [5, 5.41) is 16.8. The normalized spacial score (nSPS) is 11.8. The number of anilines is 1. The maximum absolute atomic E-state index is 15.1. The summed E-state index contributed by atoms with van der Waals surface area (Å²) >= 11 is 0. The molecule has 2 aromatic heterocycles. The lowest BCUT2D eigenvalue weighted by atomic mass is 9.84. The number of carbonyl (C=O) groups is 2. The Morgan fingerprint density at radius 2 is 1.62 bits per heavy atom. The standard InChI is InChI=1S/C31H29FN6O2/c1-3-38-27(16-17-34-38)30(39)36-29(28(21-10-6-4-7-11-21)22-12-8-5-9-13-22)31(40)35-23-14-15-24(26(32)18-23)25-19-33-37-20(25)2/h4-19,28-29H,3H2,1-2H3,(H,33,37)(H,35,40)(H,36,39). The number of aromatic amines is 1. The van der Waals surface area contributed by atoms with Crippen molar-refractivity contribution in [1.82, 2.24) is 25.3 Å². The number of aromatic nitrogens is 4. The topological polar surface area (TPSA) is 105 Å². The molecule has 1 atom stereocenters. The van der Waals surface area contributed by atoms with E-state index in [2.05, 4.69) is 25.9 Å². The molecule has 1 unspecified atom stereocenters. The second-order valence-electron chi connectivity index (χ2n) is 9.35. The molecule has 0 saturated carbocycles. The van der Waals surface area contributed by atoms with Gasteiger partial charge in [0.1, 0.15) is 17.6 Å². The van der Waals surface area contributed by atoms with Crippen LogP contribution in [0.1, 0.15) is 40.2 Å². The van der Waals surface area contributed by atoms with Gasteiger partial charge in [-0.1, -0.05) is 60.7 Å². The van der Waals surface area contributed by atoms with Gasteiger partial charge in [-0.05, 0) is 49.2 Å². The van der Waals surface area contributed by atoms with E-state index in [9.17, 15) is 9.59 Å². The van der Waals surface area contributed by atoms with E-state index >= 15 is 4.39 Å². The molecule has 3 N–H and O–H groups in total. The fraction of sp³-hybridized carbons (Fsp3) is 0.161. The van der Waals surface area contributed by atoms with Gasteiger partial charge < -0.3 is 10.6 Å². The van der Waals surface area contributed by atoms with Crippen LogP contribution in [0.25, 0.3) is 11.1 Å². The van der Waals surface area contributed by atoms with Crippen LogP contribution in [0.3, 0.4) is 0 Å². The van der Waals surface area contributed by atoms with Crippen LogP contribution in [0.4, 0.5) is 10.1 Å². The number of rotatable bonds is 9. The Kier molecular flexibility index (Phi) is 7.82. The van der Waals surface area contributed by atoms with Crippen molar-refractivity contribution in [3.8, 4) is 11.1 Å². The van der Waals surface area contributed by atoms with Crippen LogP contribution in [0.15, 0.2) is 97.3 Å². The first-order chi connectivity index (χ1) is 19.5. The number of H-pyrrole nitrogens is 1. The number of nitrogens with zero attached hydrogens (tertiary/aromatic N) is 3. The molecule has 0 saturated heterocycles. The summed E-state index contributed by atoms with van der Waals surface area (Å²) in [6, 6.07) is 24.1. The molecule has 2 heterocycles. The Hall–Kier alpha value is -5.05. The highest BCUT2D eigenvalue weighted by Crippen LogP contribution is 2.31. The molecule has 202 valence electrons. The number of benzene rings is 3. The fourth-order valence-electron chi connectivity index (χ4n) is 4.85. The first-order valence-corrected chi connectivity index (χ1v) is 13.0. The van der Waals surface area contributed by atoms with Gasteiger partial charge in [0.05, 0.1) is 5.69 Å². The molecule has 0 aliphatic carbocycles. The number of carbonyl (C=O) groups excluding carboxylic acids is 2. The van der Waals surface area contributed by atoms with Gasteiger partial charge in [-0.2, -0.15) is 10.2 Å². The summed E-state index contributed by atoms with van der Waals surface area (Å²) in [5.74, 6) is -1.95. The highest BCUT2D eigenvalue weighted by molar-refractivity contribution is 6.01. The van der Waals surface area contributed by atoms with Crippen LogP contribution in [-0.4, -0.2) is 37.8 Å². The molecule has 5 aromatic rings. The van der Waals surface area contributed by atoms with Gasteiger partial charge in [0.25, 0.3) is 5.91 Å². The number of halogens is 1. The third-order valence-electron chi connectivity index (χ3n) is 6.83. The summed E-state index contributed by atoms with van der Waals surface area (Å²) in [7, 11) is 0. The lowest BCUT2D eigenvalue weighted by Gasteiger charge is -2.28. The van der Waals surface area contributed by atoms with E-state index < -0.39 is 29.6 Å². The van der Waals surface area contributed by atoms with E-state index in [4.69, 9.17) is 0 Å². The molecule has 2 amide bonds. The molecular weight excluding hydrogens is 507 g/mol. The van der Waals surface area contributed by atoms with Crippen molar-refractivity contribution < 1.29 is 14.0 Å². The lowest BCUT2D eigenvalue weighted by Crippen LogP contribution is -2.48. The van der Waals surface area contributed by atoms with E-state index in [1.54, 1.807) is 42.2 Å². The van der Waals surface area contributed by atoms with Crippen LogP contribution in [0.2, 0.25) is 0 Å². The van der Waals surface area contributed by atoms with Gasteiger partial charge in [-0.3, -0.25) is 19.4 Å². The van der Waals surface area contributed by atoms with E-state index in [-0.39, 0.29) is 5.69 Å². The van der Waals surface area contributed by atoms with E-state index in [0.29, 0.717) is 29.1 Å². The molecule has 3 aromatic carbocycles. The Morgan fingerprint density at radius 1 is 0.950 bits per heavy atom. The van der Waals surface area contributed by atoms with Gasteiger partial charge in [0.15, 0.2) is 0 Å². The second kappa shape index (κ2) is 11.8. The molecule has 0 aliphatic rings. The Bertz CT molecular complexity index is 1570. The van der Waals surface area contributed by atoms with Crippen LogP contribution in [0, 0.1) is 12.7 Å². The van der Waals surface area contributed by atoms with E-state index in [1.807, 2.05) is 67.6 Å². The molecule has 0 bridgehead atoms. The van der Waals surface area contributed by atoms with Crippen molar-refractivity contribution in [3.05, 3.63) is 126 Å². The minimum absolute atomic E-state index is 0.269. The predicted octanol–water partition coefficient (Wildman–Crippen LogP) is 5.31. The maximum atomic E-state index is 15.1. The quantitative estimate of drug-likeness (QED) is 0.237. The predicted molar refractivity (Wildman–Crippen MR) is 151 cm³/mol. The van der Waals surface area contributed by atoms with Crippen molar-refractivity contribution in [2.75, 3.05) is 5.32 Å². The molecule has 9 heteroatoms. The summed E-state index contributed by atoms with van der Waals surface area (Å²) in [6.07, 6.45) is 3.17. The van der Waals surface area contributed by atoms with Crippen molar-refractivity contribution in [2.45, 2.75) is 32.4 Å².